The Hall–Kier alpha value is -3.38. The Labute approximate surface area is 210 Å². The Kier molecular flexibility index (Phi) is 12.1. The molecule has 0 aliphatic carbocycles. The second-order valence-corrected chi connectivity index (χ2v) is 8.61. The maximum Gasteiger partial charge on any atom is 0.513 e. The van der Waals surface area contributed by atoms with Gasteiger partial charge in [-0.25, -0.2) is 19.8 Å². The summed E-state index contributed by atoms with van der Waals surface area (Å²) >= 11 is 0. The summed E-state index contributed by atoms with van der Waals surface area (Å²) in [4.78, 5) is 48.7. The zero-order valence-corrected chi connectivity index (χ0v) is 21.7. The lowest BCUT2D eigenvalue weighted by atomic mass is 9.93. The minimum atomic E-state index is -1.47. The molecule has 0 heterocycles. The molecule has 202 valence electrons. The van der Waals surface area contributed by atoms with Crippen LogP contribution in [0.15, 0.2) is 18.2 Å². The van der Waals surface area contributed by atoms with Crippen molar-refractivity contribution >= 4 is 24.2 Å². The molecule has 0 spiro atoms. The van der Waals surface area contributed by atoms with Gasteiger partial charge in [0.05, 0.1) is 19.1 Å². The molecule has 1 rings (SSSR count). The Morgan fingerprint density at radius 1 is 0.917 bits per heavy atom. The lowest BCUT2D eigenvalue weighted by molar-refractivity contribution is -0.202. The van der Waals surface area contributed by atoms with Gasteiger partial charge in [0, 0.05) is 12.3 Å². The number of hydrogen-bond acceptors (Lipinski definition) is 12. The second kappa shape index (κ2) is 14.2. The van der Waals surface area contributed by atoms with Crippen molar-refractivity contribution in [2.24, 2.45) is 17.7 Å². The molecule has 3 N–H and O–H groups in total. The van der Waals surface area contributed by atoms with Gasteiger partial charge in [0.15, 0.2) is 11.5 Å². The summed E-state index contributed by atoms with van der Waals surface area (Å²) in [5.74, 6) is 3.44. The minimum absolute atomic E-state index is 0.0376. The molecule has 0 aromatic heterocycles. The summed E-state index contributed by atoms with van der Waals surface area (Å²) in [6.07, 6.45) is -3.17. The van der Waals surface area contributed by atoms with E-state index in [0.717, 1.165) is 0 Å². The quantitative estimate of drug-likeness (QED) is 0.105. The maximum absolute atomic E-state index is 13.1. The van der Waals surface area contributed by atoms with E-state index in [-0.39, 0.29) is 37.1 Å². The zero-order chi connectivity index (χ0) is 27.5. The van der Waals surface area contributed by atoms with Crippen molar-refractivity contribution in [2.45, 2.75) is 66.7 Å². The molecule has 12 heteroatoms. The molecule has 0 saturated carbocycles. The van der Waals surface area contributed by atoms with Gasteiger partial charge < -0.3 is 28.4 Å². The second-order valence-electron chi connectivity index (χ2n) is 8.61. The predicted octanol–water partition coefficient (Wildman–Crippen LogP) is 3.25. The highest BCUT2D eigenvalue weighted by molar-refractivity contribution is 5.81. The van der Waals surface area contributed by atoms with E-state index in [2.05, 4.69) is 5.43 Å². The fraction of sp³-hybridized carbons (Fsp3) is 0.583. The van der Waals surface area contributed by atoms with E-state index < -0.39 is 42.0 Å². The molecule has 0 amide bonds. The average Bonchev–Trinajstić information content (AvgIpc) is 2.80. The van der Waals surface area contributed by atoms with Crippen LogP contribution in [0, 0.1) is 11.8 Å². The van der Waals surface area contributed by atoms with Gasteiger partial charge in [0.1, 0.15) is 5.54 Å². The number of nitrogens with one attached hydrogen (secondary N) is 1. The Bertz CT molecular complexity index is 918. The van der Waals surface area contributed by atoms with Crippen molar-refractivity contribution in [3.8, 4) is 11.5 Å². The first-order valence-corrected chi connectivity index (χ1v) is 11.6. The summed E-state index contributed by atoms with van der Waals surface area (Å²) in [5, 5.41) is 0. The number of hydrazine groups is 1. The van der Waals surface area contributed by atoms with E-state index in [1.54, 1.807) is 41.5 Å². The first-order chi connectivity index (χ1) is 16.9. The SMILES string of the molecule is CCOC(=O)Oc1ccc(C[C@](C)(NN)C(=O)O[C@@H](OC(=O)C(C)C)C(C)C)cc1OC(=O)OCC. The molecule has 0 bridgehead atoms. The Morgan fingerprint density at radius 2 is 1.47 bits per heavy atom. The fourth-order valence-electron chi connectivity index (χ4n) is 2.67. The fourth-order valence-corrected chi connectivity index (χ4v) is 2.67. The van der Waals surface area contributed by atoms with Crippen LogP contribution in [0.25, 0.3) is 0 Å². The highest BCUT2D eigenvalue weighted by Crippen LogP contribution is 2.31. The molecule has 1 aromatic rings. The van der Waals surface area contributed by atoms with Crippen molar-refractivity contribution in [3.05, 3.63) is 23.8 Å². The number of carbonyl (C=O) groups is 4. The first-order valence-electron chi connectivity index (χ1n) is 11.6. The average molecular weight is 513 g/mol. The third kappa shape index (κ3) is 9.34. The van der Waals surface area contributed by atoms with Crippen LogP contribution in [0.2, 0.25) is 0 Å². The van der Waals surface area contributed by atoms with Crippen LogP contribution < -0.4 is 20.7 Å². The molecule has 0 aliphatic heterocycles. The molecule has 0 saturated heterocycles. The summed E-state index contributed by atoms with van der Waals surface area (Å²) in [6.45, 7) is 11.6. The smallest absolute Gasteiger partial charge is 0.434 e. The van der Waals surface area contributed by atoms with Crippen LogP contribution in [0.3, 0.4) is 0 Å². The molecule has 0 aliphatic rings. The molecular weight excluding hydrogens is 476 g/mol. The number of benzene rings is 1. The third-order valence-electron chi connectivity index (χ3n) is 4.72. The highest BCUT2D eigenvalue weighted by atomic mass is 16.7. The number of ether oxygens (including phenoxy) is 6. The predicted molar refractivity (Wildman–Crippen MR) is 127 cm³/mol. The molecule has 0 unspecified atom stereocenters. The Balaban J connectivity index is 3.18. The van der Waals surface area contributed by atoms with E-state index in [4.69, 9.17) is 34.3 Å². The van der Waals surface area contributed by atoms with Crippen molar-refractivity contribution in [1.29, 1.82) is 0 Å². The molecule has 0 radical (unpaired) electrons. The number of rotatable bonds is 12. The van der Waals surface area contributed by atoms with Gasteiger partial charge in [-0.3, -0.25) is 10.6 Å². The molecule has 0 fully saturated rings. The molecule has 12 nitrogen and oxygen atoms in total. The van der Waals surface area contributed by atoms with Gasteiger partial charge in [0.25, 0.3) is 0 Å². The van der Waals surface area contributed by atoms with Crippen LogP contribution in [0.4, 0.5) is 9.59 Å². The van der Waals surface area contributed by atoms with Gasteiger partial charge in [-0.05, 0) is 38.5 Å². The van der Waals surface area contributed by atoms with E-state index in [1.165, 1.54) is 25.1 Å². The summed E-state index contributed by atoms with van der Waals surface area (Å²) in [6, 6.07) is 4.28. The summed E-state index contributed by atoms with van der Waals surface area (Å²) in [5.41, 5.74) is 1.43. The van der Waals surface area contributed by atoms with Gasteiger partial charge in [0.2, 0.25) is 6.29 Å². The largest absolute Gasteiger partial charge is 0.513 e. The van der Waals surface area contributed by atoms with Crippen LogP contribution >= 0.6 is 0 Å². The summed E-state index contributed by atoms with van der Waals surface area (Å²) in [7, 11) is 0. The van der Waals surface area contributed by atoms with E-state index >= 15 is 0 Å². The van der Waals surface area contributed by atoms with Crippen LogP contribution in [-0.4, -0.2) is 49.3 Å². The van der Waals surface area contributed by atoms with E-state index in [9.17, 15) is 19.2 Å². The normalized spacial score (nSPS) is 13.4. The number of nitrogens with two attached hydrogens (primary N) is 1. The molecule has 36 heavy (non-hydrogen) atoms. The minimum Gasteiger partial charge on any atom is -0.434 e. The highest BCUT2D eigenvalue weighted by Gasteiger charge is 2.37. The van der Waals surface area contributed by atoms with Gasteiger partial charge in [-0.15, -0.1) is 0 Å². The lowest BCUT2D eigenvalue weighted by Crippen LogP contribution is -2.56. The monoisotopic (exact) mass is 512 g/mol. The topological polar surface area (TPSA) is 162 Å². The van der Waals surface area contributed by atoms with Crippen LogP contribution in [0.1, 0.15) is 54.0 Å². The maximum atomic E-state index is 13.1. The van der Waals surface area contributed by atoms with Crippen molar-refractivity contribution in [3.63, 3.8) is 0 Å². The van der Waals surface area contributed by atoms with Gasteiger partial charge >= 0.3 is 24.2 Å². The zero-order valence-electron chi connectivity index (χ0n) is 21.7. The number of hydrogen-bond donors (Lipinski definition) is 2. The summed E-state index contributed by atoms with van der Waals surface area (Å²) < 4.78 is 30.6. The molecular formula is C24H36N2O10. The van der Waals surface area contributed by atoms with Gasteiger partial charge in [-0.1, -0.05) is 33.8 Å². The molecule has 1 aromatic carbocycles. The molecule has 2 atom stereocenters. The third-order valence-corrected chi connectivity index (χ3v) is 4.72. The first kappa shape index (κ1) is 30.7. The van der Waals surface area contributed by atoms with E-state index in [0.29, 0.717) is 5.56 Å². The van der Waals surface area contributed by atoms with Crippen LogP contribution in [-0.2, 0) is 35.0 Å². The van der Waals surface area contributed by atoms with Crippen molar-refractivity contribution in [2.75, 3.05) is 13.2 Å². The van der Waals surface area contributed by atoms with Crippen molar-refractivity contribution in [1.82, 2.24) is 5.43 Å². The van der Waals surface area contributed by atoms with Crippen molar-refractivity contribution < 1.29 is 47.6 Å². The van der Waals surface area contributed by atoms with Gasteiger partial charge in [-0.2, -0.15) is 0 Å². The lowest BCUT2D eigenvalue weighted by Gasteiger charge is -2.30. The standard InChI is InChI=1S/C24H36N2O10/c1-8-31-22(29)33-17-11-10-16(12-18(17)34-23(30)32-9-2)13-24(7,26-25)21(28)36-20(15(5)6)35-19(27)14(3)4/h10-12,14-15,20,26H,8-9,13,25H2,1-7H3/t20-,24+/m1/s1. The number of carbonyl (C=O) groups excluding carboxylic acids is 4. The van der Waals surface area contributed by atoms with Crippen LogP contribution in [0.5, 0.6) is 11.5 Å². The number of esters is 2. The Morgan fingerprint density at radius 3 is 1.94 bits per heavy atom. The van der Waals surface area contributed by atoms with E-state index in [1.807, 2.05) is 0 Å².